The summed E-state index contributed by atoms with van der Waals surface area (Å²) < 4.78 is 0. The zero-order chi connectivity index (χ0) is 45.3. The van der Waals surface area contributed by atoms with Gasteiger partial charge >= 0.3 is 17.9 Å². The van der Waals surface area contributed by atoms with Crippen LogP contribution in [0.3, 0.4) is 0 Å². The molecule has 0 radical (unpaired) electrons. The molecule has 7 atom stereocenters. The number of carboxylic acids is 3. The van der Waals surface area contributed by atoms with E-state index in [2.05, 4.69) is 31.9 Å². The maximum atomic E-state index is 13.9. The Balaban J connectivity index is 2.25. The van der Waals surface area contributed by atoms with Crippen LogP contribution in [0.4, 0.5) is 0 Å². The Morgan fingerprint density at radius 3 is 1.80 bits per heavy atom. The highest BCUT2D eigenvalue weighted by molar-refractivity contribution is 5.96. The number of carbonyl (C=O) groups is 9. The smallest absolute Gasteiger partial charge is 0.306 e. The number of rotatable bonds is 24. The maximum absolute atomic E-state index is 13.9. The molecule has 0 aromatic heterocycles. The topological polar surface area (TPSA) is 333 Å². The largest absolute Gasteiger partial charge is 0.481 e. The van der Waals surface area contributed by atoms with Crippen LogP contribution in [-0.4, -0.2) is 122 Å². The Labute approximate surface area is 348 Å². The molecule has 334 valence electrons. The molecule has 1 aliphatic carbocycles. The van der Waals surface area contributed by atoms with Gasteiger partial charge in [0.05, 0.1) is 24.4 Å². The molecule has 0 bridgehead atoms. The third-order valence-electron chi connectivity index (χ3n) is 10.1. The highest BCUT2D eigenvalue weighted by atomic mass is 16.4. The average molecular weight is 848 g/mol. The van der Waals surface area contributed by atoms with Crippen molar-refractivity contribution in [1.82, 2.24) is 31.9 Å². The fourth-order valence-corrected chi connectivity index (χ4v) is 6.58. The van der Waals surface area contributed by atoms with Gasteiger partial charge in [-0.2, -0.15) is 0 Å². The van der Waals surface area contributed by atoms with Gasteiger partial charge in [0.1, 0.15) is 24.2 Å². The van der Waals surface area contributed by atoms with Gasteiger partial charge in [-0.1, -0.05) is 58.0 Å². The quantitative estimate of drug-likeness (QED) is 0.0605. The molecular weight excluding hydrogens is 786 g/mol. The van der Waals surface area contributed by atoms with E-state index < -0.39 is 114 Å². The Hall–Kier alpha value is -5.63. The van der Waals surface area contributed by atoms with Crippen LogP contribution in [0.2, 0.25) is 0 Å². The van der Waals surface area contributed by atoms with Gasteiger partial charge in [0.2, 0.25) is 29.5 Å². The summed E-state index contributed by atoms with van der Waals surface area (Å²) >= 11 is 0. The van der Waals surface area contributed by atoms with Gasteiger partial charge < -0.3 is 58.1 Å². The van der Waals surface area contributed by atoms with Crippen LogP contribution in [0, 0.1) is 17.8 Å². The lowest BCUT2D eigenvalue weighted by molar-refractivity contribution is -0.143. The molecule has 2 rings (SSSR count). The number of hydrogen-bond donors (Lipinski definition) is 11. The molecule has 1 aliphatic rings. The van der Waals surface area contributed by atoms with Gasteiger partial charge in [0.25, 0.3) is 5.91 Å². The molecule has 6 amide bonds. The van der Waals surface area contributed by atoms with Gasteiger partial charge in [-0.15, -0.1) is 0 Å². The first kappa shape index (κ1) is 50.5. The summed E-state index contributed by atoms with van der Waals surface area (Å²) in [5.41, 5.74) is 6.40. The third-order valence-corrected chi connectivity index (χ3v) is 10.1. The molecule has 0 spiro atoms. The predicted octanol–water partition coefficient (Wildman–Crippen LogP) is -0.838. The SMILES string of the molecule is CC(C)C[C@H](NC(=O)[C@@H](NC(=O)[C@@H](N)CCC(=O)O)C(C)C)C(=O)N[C@@H](Cc1ccccc1)[C@@H](O)C(=O)N[C@@H](CC(=O)O)C(=O)N[C@@H](C)C(=O)NC1CCC(C(=O)O)CC1. The highest BCUT2D eigenvalue weighted by Gasteiger charge is 2.36. The molecular formula is C40H61N7O13. The van der Waals surface area contributed by atoms with Crippen molar-refractivity contribution in [3.8, 4) is 0 Å². The van der Waals surface area contributed by atoms with Crippen molar-refractivity contribution in [3.05, 3.63) is 35.9 Å². The van der Waals surface area contributed by atoms with Gasteiger partial charge in [0, 0.05) is 12.5 Å². The van der Waals surface area contributed by atoms with Crippen molar-refractivity contribution in [3.63, 3.8) is 0 Å². The van der Waals surface area contributed by atoms with Gasteiger partial charge in [-0.05, 0) is 69.3 Å². The Morgan fingerprint density at radius 2 is 1.27 bits per heavy atom. The zero-order valence-electron chi connectivity index (χ0n) is 34.6. The van der Waals surface area contributed by atoms with E-state index in [0.717, 1.165) is 0 Å². The Kier molecular flexibility index (Phi) is 20.6. The van der Waals surface area contributed by atoms with Crippen LogP contribution in [-0.2, 0) is 49.6 Å². The summed E-state index contributed by atoms with van der Waals surface area (Å²) in [5.74, 6) is -9.96. The van der Waals surface area contributed by atoms with E-state index in [0.29, 0.717) is 31.2 Å². The second kappa shape index (κ2) is 24.5. The zero-order valence-corrected chi connectivity index (χ0v) is 34.6. The molecule has 1 fully saturated rings. The number of hydrogen-bond acceptors (Lipinski definition) is 11. The minimum Gasteiger partial charge on any atom is -0.481 e. The first-order valence-corrected chi connectivity index (χ1v) is 20.1. The van der Waals surface area contributed by atoms with Crippen LogP contribution in [0.15, 0.2) is 30.3 Å². The second-order valence-corrected chi connectivity index (χ2v) is 16.0. The van der Waals surface area contributed by atoms with E-state index in [4.69, 9.17) is 10.8 Å². The standard InChI is InChI=1S/C40H61N7O13/c1-20(2)17-28(45-38(57)32(21(3)4)47-35(54)26(41)15-16-30(48)49)37(56)44-27(18-23-9-7-6-8-10-23)33(52)39(58)46-29(19-31(50)51)36(55)42-22(5)34(53)43-25-13-11-24(12-14-25)40(59)60/h6-10,20-22,24-29,32-33,52H,11-19,41H2,1-5H3,(H,42,55)(H,43,53)(H,44,56)(H,45,57)(H,46,58)(H,47,54)(H,48,49)(H,50,51)(H,59,60)/t22-,24?,25?,26-,27-,28-,29-,32-,33+/m0/s1. The van der Waals surface area contributed by atoms with Crippen molar-refractivity contribution in [2.24, 2.45) is 23.5 Å². The van der Waals surface area contributed by atoms with E-state index in [9.17, 15) is 58.5 Å². The predicted molar refractivity (Wildman–Crippen MR) is 214 cm³/mol. The van der Waals surface area contributed by atoms with Crippen LogP contribution in [0.5, 0.6) is 0 Å². The summed E-state index contributed by atoms with van der Waals surface area (Å²) in [6.07, 6.45) is -2.08. The van der Waals surface area contributed by atoms with Crippen molar-refractivity contribution in [2.45, 2.75) is 141 Å². The number of aliphatic hydroxyl groups excluding tert-OH is 1. The van der Waals surface area contributed by atoms with Crippen molar-refractivity contribution in [1.29, 1.82) is 0 Å². The van der Waals surface area contributed by atoms with Crippen LogP contribution < -0.4 is 37.6 Å². The Morgan fingerprint density at radius 1 is 0.683 bits per heavy atom. The number of carbonyl (C=O) groups excluding carboxylic acids is 6. The second-order valence-electron chi connectivity index (χ2n) is 16.0. The monoisotopic (exact) mass is 847 g/mol. The molecule has 60 heavy (non-hydrogen) atoms. The van der Waals surface area contributed by atoms with E-state index in [1.165, 1.54) is 6.92 Å². The number of nitrogens with one attached hydrogen (secondary N) is 6. The van der Waals surface area contributed by atoms with Crippen LogP contribution in [0.1, 0.15) is 91.5 Å². The molecule has 0 saturated heterocycles. The lowest BCUT2D eigenvalue weighted by Crippen LogP contribution is -2.61. The van der Waals surface area contributed by atoms with E-state index in [-0.39, 0.29) is 37.6 Å². The molecule has 0 aliphatic heterocycles. The maximum Gasteiger partial charge on any atom is 0.306 e. The molecule has 1 aromatic carbocycles. The summed E-state index contributed by atoms with van der Waals surface area (Å²) in [5, 5.41) is 54.2. The van der Waals surface area contributed by atoms with Crippen LogP contribution >= 0.6 is 0 Å². The molecule has 20 nitrogen and oxygen atoms in total. The van der Waals surface area contributed by atoms with E-state index >= 15 is 0 Å². The minimum atomic E-state index is -2.08. The molecule has 1 saturated carbocycles. The Bertz CT molecular complexity index is 1670. The highest BCUT2D eigenvalue weighted by Crippen LogP contribution is 2.24. The number of benzene rings is 1. The minimum absolute atomic E-state index is 0.0744. The van der Waals surface area contributed by atoms with E-state index in [1.54, 1.807) is 58.0 Å². The normalized spacial score (nSPS) is 18.6. The number of aliphatic carboxylic acids is 3. The van der Waals surface area contributed by atoms with Crippen molar-refractivity contribution < 1.29 is 63.6 Å². The van der Waals surface area contributed by atoms with Crippen molar-refractivity contribution in [2.75, 3.05) is 0 Å². The van der Waals surface area contributed by atoms with E-state index in [1.807, 2.05) is 0 Å². The average Bonchev–Trinajstić information content (AvgIpc) is 3.17. The summed E-state index contributed by atoms with van der Waals surface area (Å²) in [6.45, 7) is 8.18. The van der Waals surface area contributed by atoms with Gasteiger partial charge in [0.15, 0.2) is 6.10 Å². The summed E-state index contributed by atoms with van der Waals surface area (Å²) in [6, 6.07) is 0.0703. The number of carboxylic acid groups (broad SMARTS) is 3. The molecule has 1 aromatic rings. The molecule has 0 heterocycles. The van der Waals surface area contributed by atoms with Crippen molar-refractivity contribution >= 4 is 53.4 Å². The van der Waals surface area contributed by atoms with Gasteiger partial charge in [-0.25, -0.2) is 0 Å². The summed E-state index contributed by atoms with van der Waals surface area (Å²) in [7, 11) is 0. The lowest BCUT2D eigenvalue weighted by Gasteiger charge is -2.30. The lowest BCUT2D eigenvalue weighted by atomic mass is 9.86. The third kappa shape index (κ3) is 17.3. The summed E-state index contributed by atoms with van der Waals surface area (Å²) in [4.78, 5) is 114. The number of aliphatic hydroxyl groups is 1. The molecule has 0 unspecified atom stereocenters. The molecule has 20 heteroatoms. The van der Waals surface area contributed by atoms with Crippen LogP contribution in [0.25, 0.3) is 0 Å². The fourth-order valence-electron chi connectivity index (χ4n) is 6.58. The fraction of sp³-hybridized carbons (Fsp3) is 0.625. The first-order valence-electron chi connectivity index (χ1n) is 20.1. The number of amides is 6. The first-order chi connectivity index (χ1) is 28.1. The van der Waals surface area contributed by atoms with Gasteiger partial charge in [-0.3, -0.25) is 43.2 Å². The number of nitrogens with two attached hydrogens (primary N) is 1. The molecule has 12 N–H and O–H groups in total.